The first-order valence-electron chi connectivity index (χ1n) is 5.41. The highest BCUT2D eigenvalue weighted by Crippen LogP contribution is 2.07. The van der Waals surface area contributed by atoms with E-state index < -0.39 is 5.97 Å². The van der Waals surface area contributed by atoms with E-state index in [0.717, 1.165) is 6.08 Å². The highest BCUT2D eigenvalue weighted by atomic mass is 16.5. The molecule has 1 rings (SSSR count). The molecule has 1 aromatic carbocycles. The van der Waals surface area contributed by atoms with Gasteiger partial charge >= 0.3 is 5.97 Å². The van der Waals surface area contributed by atoms with Crippen LogP contribution in [0, 0.1) is 0 Å². The molecule has 0 unspecified atom stereocenters. The van der Waals surface area contributed by atoms with Gasteiger partial charge in [-0.1, -0.05) is 12.1 Å². The molecule has 1 amide bonds. The van der Waals surface area contributed by atoms with Crippen LogP contribution in [-0.4, -0.2) is 37.2 Å². The van der Waals surface area contributed by atoms with Gasteiger partial charge in [-0.3, -0.25) is 4.79 Å². The molecule has 0 saturated heterocycles. The molecule has 0 aromatic heterocycles. The van der Waals surface area contributed by atoms with E-state index in [0.29, 0.717) is 24.3 Å². The second kappa shape index (κ2) is 7.24. The Morgan fingerprint density at radius 3 is 2.89 bits per heavy atom. The Bertz CT molecular complexity index is 454. The number of benzene rings is 1. The van der Waals surface area contributed by atoms with Crippen LogP contribution in [0.3, 0.4) is 0 Å². The van der Waals surface area contributed by atoms with Gasteiger partial charge in [0.2, 0.25) is 0 Å². The SMILES string of the molecule is COCCNC(=O)c1cccc(/C=C/C(=O)O)c1. The lowest BCUT2D eigenvalue weighted by Gasteiger charge is -2.04. The number of carbonyl (C=O) groups is 2. The van der Waals surface area contributed by atoms with Gasteiger partial charge in [0, 0.05) is 25.3 Å². The van der Waals surface area contributed by atoms with Crippen LogP contribution in [0.25, 0.3) is 6.08 Å². The van der Waals surface area contributed by atoms with Crippen molar-refractivity contribution in [2.24, 2.45) is 0 Å². The molecule has 0 spiro atoms. The molecule has 0 radical (unpaired) electrons. The van der Waals surface area contributed by atoms with Crippen molar-refractivity contribution in [2.75, 3.05) is 20.3 Å². The fraction of sp³-hybridized carbons (Fsp3) is 0.231. The molecule has 5 heteroatoms. The summed E-state index contributed by atoms with van der Waals surface area (Å²) in [5.74, 6) is -1.23. The molecule has 0 fully saturated rings. The number of carbonyl (C=O) groups excluding carboxylic acids is 1. The minimum Gasteiger partial charge on any atom is -0.478 e. The zero-order chi connectivity index (χ0) is 13.4. The van der Waals surface area contributed by atoms with Crippen molar-refractivity contribution in [2.45, 2.75) is 0 Å². The van der Waals surface area contributed by atoms with E-state index in [1.807, 2.05) is 0 Å². The molecule has 0 aliphatic heterocycles. The molecule has 96 valence electrons. The summed E-state index contributed by atoms with van der Waals surface area (Å²) in [6, 6.07) is 6.72. The third-order valence-corrected chi connectivity index (χ3v) is 2.16. The highest BCUT2D eigenvalue weighted by molar-refractivity contribution is 5.95. The first kappa shape index (κ1) is 13.9. The number of rotatable bonds is 6. The smallest absolute Gasteiger partial charge is 0.328 e. The molecule has 0 aliphatic rings. The van der Waals surface area contributed by atoms with Crippen LogP contribution in [0.4, 0.5) is 0 Å². The maximum Gasteiger partial charge on any atom is 0.328 e. The van der Waals surface area contributed by atoms with E-state index in [1.165, 1.54) is 6.08 Å². The minimum atomic E-state index is -1.02. The van der Waals surface area contributed by atoms with Crippen molar-refractivity contribution in [3.63, 3.8) is 0 Å². The van der Waals surface area contributed by atoms with Gasteiger partial charge in [0.05, 0.1) is 6.61 Å². The summed E-state index contributed by atoms with van der Waals surface area (Å²) in [7, 11) is 1.56. The molecule has 0 bridgehead atoms. The van der Waals surface area contributed by atoms with E-state index in [4.69, 9.17) is 9.84 Å². The zero-order valence-electron chi connectivity index (χ0n) is 10.1. The summed E-state index contributed by atoms with van der Waals surface area (Å²) in [5.41, 5.74) is 1.15. The fourth-order valence-corrected chi connectivity index (χ4v) is 1.32. The van der Waals surface area contributed by atoms with Gasteiger partial charge in [-0.25, -0.2) is 4.79 Å². The van der Waals surface area contributed by atoms with Crippen molar-refractivity contribution >= 4 is 18.0 Å². The maximum absolute atomic E-state index is 11.7. The Kier molecular flexibility index (Phi) is 5.60. The van der Waals surface area contributed by atoms with Crippen molar-refractivity contribution in [1.29, 1.82) is 0 Å². The molecule has 2 N–H and O–H groups in total. The van der Waals surface area contributed by atoms with Gasteiger partial charge < -0.3 is 15.2 Å². The van der Waals surface area contributed by atoms with E-state index in [-0.39, 0.29) is 5.91 Å². The molecule has 5 nitrogen and oxygen atoms in total. The normalized spacial score (nSPS) is 10.5. The lowest BCUT2D eigenvalue weighted by atomic mass is 10.1. The maximum atomic E-state index is 11.7. The number of nitrogens with one attached hydrogen (secondary N) is 1. The first-order valence-corrected chi connectivity index (χ1v) is 5.41. The molecule has 1 aromatic rings. The Balaban J connectivity index is 2.69. The number of carboxylic acids is 1. The van der Waals surface area contributed by atoms with Crippen LogP contribution in [0.5, 0.6) is 0 Å². The van der Waals surface area contributed by atoms with Gasteiger partial charge in [-0.15, -0.1) is 0 Å². The number of hydrogen-bond acceptors (Lipinski definition) is 3. The number of aliphatic carboxylic acids is 1. The monoisotopic (exact) mass is 249 g/mol. The molecule has 0 aliphatic carbocycles. The minimum absolute atomic E-state index is 0.211. The van der Waals surface area contributed by atoms with Crippen LogP contribution in [0.1, 0.15) is 15.9 Å². The van der Waals surface area contributed by atoms with Gasteiger partial charge in [0.25, 0.3) is 5.91 Å². The van der Waals surface area contributed by atoms with Crippen LogP contribution < -0.4 is 5.32 Å². The van der Waals surface area contributed by atoms with Gasteiger partial charge in [-0.2, -0.15) is 0 Å². The Labute approximate surface area is 105 Å². The predicted molar refractivity (Wildman–Crippen MR) is 67.3 cm³/mol. The fourth-order valence-electron chi connectivity index (χ4n) is 1.32. The second-order valence-electron chi connectivity index (χ2n) is 3.55. The molecule has 0 atom stereocenters. The third kappa shape index (κ3) is 4.80. The van der Waals surface area contributed by atoms with Crippen molar-refractivity contribution in [3.8, 4) is 0 Å². The summed E-state index contributed by atoms with van der Waals surface area (Å²) in [6.45, 7) is 0.884. The number of hydrogen-bond donors (Lipinski definition) is 2. The summed E-state index contributed by atoms with van der Waals surface area (Å²) < 4.78 is 4.83. The average molecular weight is 249 g/mol. The predicted octanol–water partition coefficient (Wildman–Crippen LogP) is 1.16. The standard InChI is InChI=1S/C13H15NO4/c1-18-8-7-14-13(17)11-4-2-3-10(9-11)5-6-12(15)16/h2-6,9H,7-8H2,1H3,(H,14,17)(H,15,16)/b6-5+. The van der Waals surface area contributed by atoms with Crippen molar-refractivity contribution in [1.82, 2.24) is 5.32 Å². The van der Waals surface area contributed by atoms with Crippen molar-refractivity contribution < 1.29 is 19.4 Å². The van der Waals surface area contributed by atoms with Gasteiger partial charge in [0.1, 0.15) is 0 Å². The van der Waals surface area contributed by atoms with E-state index in [1.54, 1.807) is 31.4 Å². The summed E-state index contributed by atoms with van der Waals surface area (Å²) in [4.78, 5) is 22.1. The lowest BCUT2D eigenvalue weighted by Crippen LogP contribution is -2.26. The summed E-state index contributed by atoms with van der Waals surface area (Å²) in [5, 5.41) is 11.2. The first-order chi connectivity index (χ1) is 8.63. The number of methoxy groups -OCH3 is 1. The van der Waals surface area contributed by atoms with Crippen LogP contribution in [-0.2, 0) is 9.53 Å². The Morgan fingerprint density at radius 2 is 2.22 bits per heavy atom. The number of amides is 1. The average Bonchev–Trinajstić information content (AvgIpc) is 2.37. The van der Waals surface area contributed by atoms with E-state index >= 15 is 0 Å². The third-order valence-electron chi connectivity index (χ3n) is 2.16. The number of carboxylic acid groups (broad SMARTS) is 1. The largest absolute Gasteiger partial charge is 0.478 e. The Morgan fingerprint density at radius 1 is 1.44 bits per heavy atom. The van der Waals surface area contributed by atoms with E-state index in [2.05, 4.69) is 5.32 Å². The lowest BCUT2D eigenvalue weighted by molar-refractivity contribution is -0.131. The zero-order valence-corrected chi connectivity index (χ0v) is 10.1. The van der Waals surface area contributed by atoms with Crippen LogP contribution in [0.2, 0.25) is 0 Å². The molecule has 0 heterocycles. The van der Waals surface area contributed by atoms with Crippen LogP contribution in [0.15, 0.2) is 30.3 Å². The highest BCUT2D eigenvalue weighted by Gasteiger charge is 2.04. The molecule has 0 saturated carbocycles. The van der Waals surface area contributed by atoms with E-state index in [9.17, 15) is 9.59 Å². The Hall–Kier alpha value is -2.14. The summed E-state index contributed by atoms with van der Waals surface area (Å²) >= 11 is 0. The quantitative estimate of drug-likeness (QED) is 0.586. The molecule has 18 heavy (non-hydrogen) atoms. The molecular formula is C13H15NO4. The number of ether oxygens (including phenoxy) is 1. The van der Waals surface area contributed by atoms with Gasteiger partial charge in [0.15, 0.2) is 0 Å². The van der Waals surface area contributed by atoms with Gasteiger partial charge in [-0.05, 0) is 23.8 Å². The molecular weight excluding hydrogens is 234 g/mol. The van der Waals surface area contributed by atoms with Crippen LogP contribution >= 0.6 is 0 Å². The topological polar surface area (TPSA) is 75.6 Å². The van der Waals surface area contributed by atoms with Crippen molar-refractivity contribution in [3.05, 3.63) is 41.5 Å². The second-order valence-corrected chi connectivity index (χ2v) is 3.55. The summed E-state index contributed by atoms with van der Waals surface area (Å²) in [6.07, 6.45) is 2.47.